The lowest BCUT2D eigenvalue weighted by atomic mass is 10.3. The molecule has 1 saturated carbocycles. The molecule has 26 heavy (non-hydrogen) atoms. The van der Waals surface area contributed by atoms with Gasteiger partial charge in [0.1, 0.15) is 0 Å². The van der Waals surface area contributed by atoms with Gasteiger partial charge in [0.05, 0.1) is 19.8 Å². The Hall–Kier alpha value is -1.09. The van der Waals surface area contributed by atoms with Gasteiger partial charge in [-0.25, -0.2) is 9.98 Å². The molecule has 148 valence electrons. The van der Waals surface area contributed by atoms with Crippen LogP contribution >= 0.6 is 24.0 Å². The lowest BCUT2D eigenvalue weighted by Crippen LogP contribution is -2.40. The van der Waals surface area contributed by atoms with Crippen LogP contribution in [0.2, 0.25) is 0 Å². The average Bonchev–Trinajstić information content (AvgIpc) is 3.45. The first kappa shape index (κ1) is 23.0. The van der Waals surface area contributed by atoms with Crippen molar-refractivity contribution in [2.45, 2.75) is 39.7 Å². The second-order valence-corrected chi connectivity index (χ2v) is 6.43. The summed E-state index contributed by atoms with van der Waals surface area (Å²) in [6.45, 7) is 8.67. The third-order valence-corrected chi connectivity index (χ3v) is 4.01. The Morgan fingerprint density at radius 3 is 2.85 bits per heavy atom. The van der Waals surface area contributed by atoms with Crippen LogP contribution in [0.4, 0.5) is 0 Å². The fraction of sp³-hybridized carbons (Fsp3) is 0.684. The molecule has 1 heterocycles. The molecule has 0 aliphatic heterocycles. The molecule has 7 heteroatoms. The van der Waals surface area contributed by atoms with Crippen LogP contribution in [0, 0.1) is 5.92 Å². The van der Waals surface area contributed by atoms with Gasteiger partial charge in [0.25, 0.3) is 0 Å². The van der Waals surface area contributed by atoms with Crippen LogP contribution in [0.25, 0.3) is 0 Å². The first-order chi connectivity index (χ1) is 12.2. The first-order valence-corrected chi connectivity index (χ1v) is 9.38. The molecule has 1 fully saturated rings. The SMILES string of the molecule is CCCOc1ncccc1CN=C(NCC)N(C)CCOCC1CC1.I. The van der Waals surface area contributed by atoms with Crippen molar-refractivity contribution < 1.29 is 9.47 Å². The molecule has 0 radical (unpaired) electrons. The van der Waals surface area contributed by atoms with Crippen molar-refractivity contribution in [1.29, 1.82) is 0 Å². The van der Waals surface area contributed by atoms with Gasteiger partial charge in [-0.15, -0.1) is 24.0 Å². The zero-order chi connectivity index (χ0) is 17.9. The van der Waals surface area contributed by atoms with Gasteiger partial charge >= 0.3 is 0 Å². The maximum atomic E-state index is 5.73. The molecule has 1 aliphatic rings. The number of likely N-dealkylation sites (N-methyl/N-ethyl adjacent to an activating group) is 1. The highest BCUT2D eigenvalue weighted by Gasteiger charge is 2.21. The minimum atomic E-state index is 0. The van der Waals surface area contributed by atoms with Crippen molar-refractivity contribution in [1.82, 2.24) is 15.2 Å². The minimum absolute atomic E-state index is 0. The smallest absolute Gasteiger partial charge is 0.218 e. The topological polar surface area (TPSA) is 59.0 Å². The van der Waals surface area contributed by atoms with Crippen molar-refractivity contribution in [3.8, 4) is 5.88 Å². The fourth-order valence-corrected chi connectivity index (χ4v) is 2.34. The Balaban J connectivity index is 0.00000338. The fourth-order valence-electron chi connectivity index (χ4n) is 2.34. The predicted octanol–water partition coefficient (Wildman–Crippen LogP) is 3.31. The van der Waals surface area contributed by atoms with Gasteiger partial charge in [-0.05, 0) is 38.2 Å². The Labute approximate surface area is 174 Å². The highest BCUT2D eigenvalue weighted by Crippen LogP contribution is 2.28. The summed E-state index contributed by atoms with van der Waals surface area (Å²) in [6.07, 6.45) is 5.37. The number of halogens is 1. The predicted molar refractivity (Wildman–Crippen MR) is 116 cm³/mol. The summed E-state index contributed by atoms with van der Waals surface area (Å²) in [7, 11) is 2.04. The van der Waals surface area contributed by atoms with Crippen LogP contribution in [-0.4, -0.2) is 55.8 Å². The van der Waals surface area contributed by atoms with Gasteiger partial charge in [0.2, 0.25) is 5.88 Å². The Kier molecular flexibility index (Phi) is 11.6. The van der Waals surface area contributed by atoms with E-state index in [-0.39, 0.29) is 24.0 Å². The van der Waals surface area contributed by atoms with E-state index in [4.69, 9.17) is 14.5 Å². The summed E-state index contributed by atoms with van der Waals surface area (Å²) in [5.41, 5.74) is 1.00. The third-order valence-electron chi connectivity index (χ3n) is 4.01. The Bertz CT molecular complexity index is 538. The lowest BCUT2D eigenvalue weighted by Gasteiger charge is -2.22. The van der Waals surface area contributed by atoms with E-state index in [0.717, 1.165) is 50.2 Å². The maximum Gasteiger partial charge on any atom is 0.218 e. The standard InChI is InChI=1S/C19H32N4O2.HI/c1-4-12-25-18-17(7-6-10-21-18)14-22-19(20-5-2)23(3)11-13-24-15-16-8-9-16;/h6-7,10,16H,4-5,8-9,11-15H2,1-3H3,(H,20,22);1H. The molecule has 0 saturated heterocycles. The van der Waals surface area contributed by atoms with Gasteiger partial charge in [-0.2, -0.15) is 0 Å². The molecule has 0 unspecified atom stereocenters. The van der Waals surface area contributed by atoms with Crippen LogP contribution in [0.1, 0.15) is 38.7 Å². The first-order valence-electron chi connectivity index (χ1n) is 9.38. The van der Waals surface area contributed by atoms with E-state index >= 15 is 0 Å². The highest BCUT2D eigenvalue weighted by atomic mass is 127. The summed E-state index contributed by atoms with van der Waals surface area (Å²) in [5.74, 6) is 2.36. The Morgan fingerprint density at radius 1 is 1.35 bits per heavy atom. The van der Waals surface area contributed by atoms with Crippen LogP contribution < -0.4 is 10.1 Å². The van der Waals surface area contributed by atoms with Gasteiger partial charge in [0.15, 0.2) is 5.96 Å². The number of aromatic nitrogens is 1. The van der Waals surface area contributed by atoms with Crippen molar-refractivity contribution in [2.75, 3.05) is 40.0 Å². The zero-order valence-corrected chi connectivity index (χ0v) is 18.6. The number of rotatable bonds is 11. The summed E-state index contributed by atoms with van der Waals surface area (Å²) < 4.78 is 11.4. The quantitative estimate of drug-likeness (QED) is 0.230. The molecule has 0 aromatic carbocycles. The number of guanidine groups is 1. The van der Waals surface area contributed by atoms with Crippen molar-refractivity contribution in [2.24, 2.45) is 10.9 Å². The molecule has 2 rings (SSSR count). The van der Waals surface area contributed by atoms with E-state index in [2.05, 4.69) is 29.0 Å². The van der Waals surface area contributed by atoms with Crippen LogP contribution in [0.3, 0.4) is 0 Å². The number of hydrogen-bond acceptors (Lipinski definition) is 4. The van der Waals surface area contributed by atoms with Gasteiger partial charge < -0.3 is 19.7 Å². The monoisotopic (exact) mass is 476 g/mol. The third kappa shape index (κ3) is 8.53. The van der Waals surface area contributed by atoms with E-state index in [9.17, 15) is 0 Å². The molecule has 6 nitrogen and oxygen atoms in total. The second-order valence-electron chi connectivity index (χ2n) is 6.43. The number of nitrogens with one attached hydrogen (secondary N) is 1. The van der Waals surface area contributed by atoms with Gasteiger partial charge in [-0.1, -0.05) is 13.0 Å². The minimum Gasteiger partial charge on any atom is -0.477 e. The van der Waals surface area contributed by atoms with E-state index in [0.29, 0.717) is 19.0 Å². The molecule has 1 aromatic rings. The van der Waals surface area contributed by atoms with Gasteiger partial charge in [-0.3, -0.25) is 0 Å². The van der Waals surface area contributed by atoms with E-state index in [1.54, 1.807) is 6.20 Å². The van der Waals surface area contributed by atoms with Crippen LogP contribution in [0.5, 0.6) is 5.88 Å². The molecular weight excluding hydrogens is 443 g/mol. The summed E-state index contributed by atoms with van der Waals surface area (Å²) in [5, 5.41) is 3.34. The number of aliphatic imine (C=N–C) groups is 1. The Morgan fingerprint density at radius 2 is 2.15 bits per heavy atom. The van der Waals surface area contributed by atoms with Crippen molar-refractivity contribution >= 4 is 29.9 Å². The summed E-state index contributed by atoms with van der Waals surface area (Å²) >= 11 is 0. The molecule has 1 aliphatic carbocycles. The number of hydrogen-bond donors (Lipinski definition) is 1. The molecule has 0 spiro atoms. The maximum absolute atomic E-state index is 5.73. The molecule has 1 N–H and O–H groups in total. The van der Waals surface area contributed by atoms with E-state index < -0.39 is 0 Å². The largest absolute Gasteiger partial charge is 0.477 e. The number of pyridine rings is 1. The van der Waals surface area contributed by atoms with Crippen molar-refractivity contribution in [3.63, 3.8) is 0 Å². The number of ether oxygens (including phenoxy) is 2. The molecule has 0 amide bonds. The molecule has 0 atom stereocenters. The van der Waals surface area contributed by atoms with Gasteiger partial charge in [0, 0.05) is 38.5 Å². The normalized spacial score (nSPS) is 13.9. The zero-order valence-electron chi connectivity index (χ0n) is 16.2. The number of nitrogens with zero attached hydrogens (tertiary/aromatic N) is 3. The summed E-state index contributed by atoms with van der Waals surface area (Å²) in [6, 6.07) is 3.94. The average molecular weight is 476 g/mol. The molecule has 1 aromatic heterocycles. The highest BCUT2D eigenvalue weighted by molar-refractivity contribution is 14.0. The second kappa shape index (κ2) is 13.1. The lowest BCUT2D eigenvalue weighted by molar-refractivity contribution is 0.115. The van der Waals surface area contributed by atoms with Crippen LogP contribution in [0.15, 0.2) is 23.3 Å². The molecule has 0 bridgehead atoms. The van der Waals surface area contributed by atoms with Crippen LogP contribution in [-0.2, 0) is 11.3 Å². The van der Waals surface area contributed by atoms with E-state index in [1.165, 1.54) is 12.8 Å². The molecular formula is C19H33IN4O2. The van der Waals surface area contributed by atoms with E-state index in [1.807, 2.05) is 19.2 Å². The summed E-state index contributed by atoms with van der Waals surface area (Å²) in [4.78, 5) is 11.2. The van der Waals surface area contributed by atoms with Crippen molar-refractivity contribution in [3.05, 3.63) is 23.9 Å².